The van der Waals surface area contributed by atoms with Gasteiger partial charge in [-0.25, -0.2) is 14.8 Å². The van der Waals surface area contributed by atoms with E-state index in [1.54, 1.807) is 0 Å². The van der Waals surface area contributed by atoms with Crippen LogP contribution in [0.2, 0.25) is 10.3 Å². The van der Waals surface area contributed by atoms with Gasteiger partial charge in [0.15, 0.2) is 5.69 Å². The van der Waals surface area contributed by atoms with E-state index in [-0.39, 0.29) is 21.8 Å². The molecule has 0 saturated carbocycles. The summed E-state index contributed by atoms with van der Waals surface area (Å²) in [6.07, 6.45) is 1.28. The summed E-state index contributed by atoms with van der Waals surface area (Å²) < 4.78 is 1.34. The SMILES string of the molecule is O=C(O)c1cn2c(Cl)cc(Cl)nc2n1. The minimum Gasteiger partial charge on any atom is -0.476 e. The molecule has 72 valence electrons. The lowest BCUT2D eigenvalue weighted by Crippen LogP contribution is -1.95. The monoisotopic (exact) mass is 231 g/mol. The number of hydrogen-bond acceptors (Lipinski definition) is 3. The predicted octanol–water partition coefficient (Wildman–Crippen LogP) is 1.73. The fourth-order valence-electron chi connectivity index (χ4n) is 1.01. The van der Waals surface area contributed by atoms with E-state index in [0.29, 0.717) is 0 Å². The van der Waals surface area contributed by atoms with E-state index in [9.17, 15) is 4.79 Å². The molecule has 0 unspecified atom stereocenters. The van der Waals surface area contributed by atoms with Crippen molar-refractivity contribution in [1.29, 1.82) is 0 Å². The van der Waals surface area contributed by atoms with Crippen LogP contribution in [0.4, 0.5) is 0 Å². The van der Waals surface area contributed by atoms with Crippen molar-refractivity contribution in [1.82, 2.24) is 14.4 Å². The van der Waals surface area contributed by atoms with E-state index in [0.717, 1.165) is 0 Å². The lowest BCUT2D eigenvalue weighted by Gasteiger charge is -1.95. The number of imidazole rings is 1. The smallest absolute Gasteiger partial charge is 0.356 e. The third-order valence-corrected chi connectivity index (χ3v) is 2.07. The van der Waals surface area contributed by atoms with Crippen LogP contribution in [0.3, 0.4) is 0 Å². The van der Waals surface area contributed by atoms with Crippen LogP contribution < -0.4 is 0 Å². The zero-order chi connectivity index (χ0) is 10.3. The van der Waals surface area contributed by atoms with Gasteiger partial charge < -0.3 is 5.11 Å². The topological polar surface area (TPSA) is 67.5 Å². The third kappa shape index (κ3) is 1.40. The van der Waals surface area contributed by atoms with Gasteiger partial charge in [0.25, 0.3) is 0 Å². The second-order valence-corrected chi connectivity index (χ2v) is 3.28. The highest BCUT2D eigenvalue weighted by atomic mass is 35.5. The largest absolute Gasteiger partial charge is 0.476 e. The molecule has 7 heteroatoms. The summed E-state index contributed by atoms with van der Waals surface area (Å²) in [7, 11) is 0. The number of carbonyl (C=O) groups is 1. The van der Waals surface area contributed by atoms with Gasteiger partial charge in [0.05, 0.1) is 0 Å². The minimum absolute atomic E-state index is 0.123. The molecular weight excluding hydrogens is 229 g/mol. The van der Waals surface area contributed by atoms with E-state index in [2.05, 4.69) is 9.97 Å². The Morgan fingerprint density at radius 3 is 2.79 bits per heavy atom. The Balaban J connectivity index is 2.76. The van der Waals surface area contributed by atoms with Crippen LogP contribution in [0.1, 0.15) is 10.5 Å². The lowest BCUT2D eigenvalue weighted by molar-refractivity contribution is 0.0691. The first-order valence-electron chi connectivity index (χ1n) is 3.52. The highest BCUT2D eigenvalue weighted by molar-refractivity contribution is 6.33. The molecule has 0 bridgehead atoms. The van der Waals surface area contributed by atoms with Gasteiger partial charge >= 0.3 is 5.97 Å². The summed E-state index contributed by atoms with van der Waals surface area (Å²) in [4.78, 5) is 18.1. The number of aromatic carboxylic acids is 1. The van der Waals surface area contributed by atoms with Gasteiger partial charge in [-0.2, -0.15) is 0 Å². The average molecular weight is 232 g/mol. The van der Waals surface area contributed by atoms with Crippen LogP contribution in [0.25, 0.3) is 5.78 Å². The quantitative estimate of drug-likeness (QED) is 0.760. The minimum atomic E-state index is -1.14. The Hall–Kier alpha value is -1.33. The van der Waals surface area contributed by atoms with Crippen molar-refractivity contribution in [2.45, 2.75) is 0 Å². The fraction of sp³-hybridized carbons (Fsp3) is 0. The van der Waals surface area contributed by atoms with Crippen molar-refractivity contribution in [2.75, 3.05) is 0 Å². The van der Waals surface area contributed by atoms with Crippen LogP contribution >= 0.6 is 23.2 Å². The van der Waals surface area contributed by atoms with Gasteiger partial charge in [-0.3, -0.25) is 4.40 Å². The Bertz CT molecular complexity index is 523. The zero-order valence-electron chi connectivity index (χ0n) is 6.61. The molecule has 0 amide bonds. The van der Waals surface area contributed by atoms with Gasteiger partial charge in [-0.1, -0.05) is 23.2 Å². The second kappa shape index (κ2) is 3.11. The lowest BCUT2D eigenvalue weighted by atomic mass is 10.5. The summed E-state index contributed by atoms with van der Waals surface area (Å²) >= 11 is 11.4. The Morgan fingerprint density at radius 2 is 2.14 bits per heavy atom. The van der Waals surface area contributed by atoms with Gasteiger partial charge in [0.1, 0.15) is 10.3 Å². The maximum absolute atomic E-state index is 10.6. The molecule has 0 aromatic carbocycles. The van der Waals surface area contributed by atoms with Gasteiger partial charge in [0, 0.05) is 12.3 Å². The molecule has 0 fully saturated rings. The van der Waals surface area contributed by atoms with Crippen molar-refractivity contribution >= 4 is 34.9 Å². The van der Waals surface area contributed by atoms with Gasteiger partial charge in [-0.05, 0) is 0 Å². The van der Waals surface area contributed by atoms with Crippen LogP contribution in [-0.4, -0.2) is 25.4 Å². The highest BCUT2D eigenvalue weighted by Gasteiger charge is 2.11. The number of carboxylic acid groups (broad SMARTS) is 1. The molecule has 0 aliphatic heterocycles. The van der Waals surface area contributed by atoms with Gasteiger partial charge in [-0.15, -0.1) is 0 Å². The third-order valence-electron chi connectivity index (χ3n) is 1.58. The standard InChI is InChI=1S/C7H3Cl2N3O2/c8-4-1-5(9)12-2-3(6(13)14)10-7(12)11-4/h1-2H,(H,13,14). The summed E-state index contributed by atoms with van der Waals surface area (Å²) in [6.45, 7) is 0. The molecule has 2 aromatic heterocycles. The van der Waals surface area contributed by atoms with Crippen molar-refractivity contribution < 1.29 is 9.90 Å². The number of rotatable bonds is 1. The predicted molar refractivity (Wildman–Crippen MR) is 50.0 cm³/mol. The van der Waals surface area contributed by atoms with Crippen molar-refractivity contribution in [2.24, 2.45) is 0 Å². The number of nitrogens with zero attached hydrogens (tertiary/aromatic N) is 3. The number of fused-ring (bicyclic) bond motifs is 1. The van der Waals surface area contributed by atoms with Crippen LogP contribution in [-0.2, 0) is 0 Å². The number of carboxylic acids is 1. The average Bonchev–Trinajstić information content (AvgIpc) is 2.47. The molecule has 0 atom stereocenters. The Labute approximate surface area is 87.9 Å². The maximum Gasteiger partial charge on any atom is 0.356 e. The van der Waals surface area contributed by atoms with Crippen LogP contribution in [0.15, 0.2) is 12.3 Å². The molecule has 2 rings (SSSR count). The highest BCUT2D eigenvalue weighted by Crippen LogP contribution is 2.16. The molecular formula is C7H3Cl2N3O2. The molecule has 2 heterocycles. The molecule has 0 saturated heterocycles. The molecule has 14 heavy (non-hydrogen) atoms. The molecule has 2 aromatic rings. The van der Waals surface area contributed by atoms with Crippen molar-refractivity contribution in [3.05, 3.63) is 28.3 Å². The van der Waals surface area contributed by atoms with Crippen LogP contribution in [0, 0.1) is 0 Å². The Morgan fingerprint density at radius 1 is 1.43 bits per heavy atom. The van der Waals surface area contributed by atoms with E-state index >= 15 is 0 Å². The van der Waals surface area contributed by atoms with E-state index in [1.165, 1.54) is 16.7 Å². The first-order valence-corrected chi connectivity index (χ1v) is 4.28. The molecule has 0 radical (unpaired) electrons. The molecule has 1 N–H and O–H groups in total. The van der Waals surface area contributed by atoms with E-state index in [4.69, 9.17) is 28.3 Å². The summed E-state index contributed by atoms with van der Waals surface area (Å²) in [5, 5.41) is 9.10. The first kappa shape index (κ1) is 9.23. The van der Waals surface area contributed by atoms with Crippen molar-refractivity contribution in [3.63, 3.8) is 0 Å². The zero-order valence-corrected chi connectivity index (χ0v) is 8.12. The maximum atomic E-state index is 10.6. The molecule has 0 spiro atoms. The normalized spacial score (nSPS) is 10.7. The molecule has 0 aliphatic rings. The second-order valence-electron chi connectivity index (χ2n) is 2.50. The molecule has 5 nitrogen and oxygen atoms in total. The summed E-state index contributed by atoms with van der Waals surface area (Å²) in [5.74, 6) is -0.970. The fourth-order valence-corrected chi connectivity index (χ4v) is 1.47. The summed E-state index contributed by atoms with van der Waals surface area (Å²) in [5.41, 5.74) is -0.123. The number of aromatic nitrogens is 3. The summed E-state index contributed by atoms with van der Waals surface area (Å²) in [6, 6.07) is 1.41. The van der Waals surface area contributed by atoms with E-state index in [1.807, 2.05) is 0 Å². The molecule has 0 aliphatic carbocycles. The van der Waals surface area contributed by atoms with Gasteiger partial charge in [0.2, 0.25) is 5.78 Å². The first-order chi connectivity index (χ1) is 6.58. The number of hydrogen-bond donors (Lipinski definition) is 1. The van der Waals surface area contributed by atoms with Crippen molar-refractivity contribution in [3.8, 4) is 0 Å². The van der Waals surface area contributed by atoms with Crippen LogP contribution in [0.5, 0.6) is 0 Å². The van der Waals surface area contributed by atoms with E-state index < -0.39 is 5.97 Å². The number of halogens is 2. The Kier molecular flexibility index (Phi) is 2.05.